The highest BCUT2D eigenvalue weighted by atomic mass is 19.1. The average Bonchev–Trinajstić information content (AvgIpc) is 2.58. The Balaban J connectivity index is 1.86. The number of carbonyl (C=O) groups is 2. The van der Waals surface area contributed by atoms with Crippen molar-refractivity contribution in [2.24, 2.45) is 0 Å². The van der Waals surface area contributed by atoms with E-state index < -0.39 is 6.04 Å². The van der Waals surface area contributed by atoms with Gasteiger partial charge in [0.1, 0.15) is 5.82 Å². The average molecular weight is 343 g/mol. The van der Waals surface area contributed by atoms with Crippen LogP contribution in [-0.2, 0) is 9.59 Å². The summed E-state index contributed by atoms with van der Waals surface area (Å²) in [6, 6.07) is 12.5. The normalized spacial score (nSPS) is 11.9. The van der Waals surface area contributed by atoms with Crippen LogP contribution in [0, 0.1) is 12.7 Å². The third kappa shape index (κ3) is 5.69. The van der Waals surface area contributed by atoms with Crippen molar-refractivity contribution >= 4 is 23.2 Å². The third-order valence-corrected chi connectivity index (χ3v) is 3.88. The number of benzene rings is 2. The van der Waals surface area contributed by atoms with Gasteiger partial charge in [0.2, 0.25) is 11.8 Å². The van der Waals surface area contributed by atoms with E-state index in [0.29, 0.717) is 11.4 Å². The van der Waals surface area contributed by atoms with E-state index >= 15 is 0 Å². The van der Waals surface area contributed by atoms with Gasteiger partial charge in [-0.15, -0.1) is 0 Å². The van der Waals surface area contributed by atoms with Gasteiger partial charge in [-0.25, -0.2) is 4.39 Å². The number of hydrogen-bond donors (Lipinski definition) is 2. The van der Waals surface area contributed by atoms with Crippen molar-refractivity contribution in [2.75, 3.05) is 24.2 Å². The largest absolute Gasteiger partial charge is 0.325 e. The summed E-state index contributed by atoms with van der Waals surface area (Å²) in [5.41, 5.74) is 2.34. The molecule has 5 nitrogen and oxygen atoms in total. The first kappa shape index (κ1) is 18.6. The van der Waals surface area contributed by atoms with Crippen LogP contribution in [0.5, 0.6) is 0 Å². The molecule has 0 unspecified atom stereocenters. The van der Waals surface area contributed by atoms with E-state index in [1.165, 1.54) is 24.3 Å². The molecule has 132 valence electrons. The second-order valence-electron chi connectivity index (χ2n) is 6.00. The van der Waals surface area contributed by atoms with E-state index in [1.807, 2.05) is 31.2 Å². The number of amides is 2. The van der Waals surface area contributed by atoms with E-state index in [0.717, 1.165) is 5.56 Å². The minimum atomic E-state index is -0.520. The molecular formula is C19H22FN3O2. The Morgan fingerprint density at radius 3 is 2.12 bits per heavy atom. The molecule has 0 aliphatic carbocycles. The van der Waals surface area contributed by atoms with Crippen LogP contribution in [0.2, 0.25) is 0 Å². The SMILES string of the molecule is Cc1ccc(NC(=O)CN(C)[C@H](C)C(=O)Nc2ccc(F)cc2)cc1. The molecule has 0 aliphatic heterocycles. The molecule has 0 radical (unpaired) electrons. The predicted octanol–water partition coefficient (Wildman–Crippen LogP) is 3.03. The lowest BCUT2D eigenvalue weighted by molar-refractivity contribution is -0.122. The highest BCUT2D eigenvalue weighted by Crippen LogP contribution is 2.11. The molecule has 6 heteroatoms. The maximum Gasteiger partial charge on any atom is 0.241 e. The van der Waals surface area contributed by atoms with Gasteiger partial charge in [-0.05, 0) is 57.3 Å². The van der Waals surface area contributed by atoms with E-state index in [4.69, 9.17) is 0 Å². The first-order chi connectivity index (χ1) is 11.8. The Morgan fingerprint density at radius 2 is 1.52 bits per heavy atom. The molecule has 0 fully saturated rings. The van der Waals surface area contributed by atoms with Gasteiger partial charge < -0.3 is 10.6 Å². The van der Waals surface area contributed by atoms with Gasteiger partial charge >= 0.3 is 0 Å². The van der Waals surface area contributed by atoms with Gasteiger partial charge in [0, 0.05) is 11.4 Å². The molecule has 0 bridgehead atoms. The summed E-state index contributed by atoms with van der Waals surface area (Å²) in [6.07, 6.45) is 0. The zero-order valence-electron chi connectivity index (χ0n) is 14.5. The summed E-state index contributed by atoms with van der Waals surface area (Å²) in [6.45, 7) is 3.75. The van der Waals surface area contributed by atoms with Gasteiger partial charge in [0.15, 0.2) is 0 Å². The first-order valence-corrected chi connectivity index (χ1v) is 7.98. The van der Waals surface area contributed by atoms with Gasteiger partial charge in [0.05, 0.1) is 12.6 Å². The second-order valence-corrected chi connectivity index (χ2v) is 6.00. The van der Waals surface area contributed by atoms with Crippen LogP contribution in [0.15, 0.2) is 48.5 Å². The molecule has 0 aromatic heterocycles. The van der Waals surface area contributed by atoms with Gasteiger partial charge in [-0.2, -0.15) is 0 Å². The Hall–Kier alpha value is -2.73. The molecule has 2 rings (SSSR count). The van der Waals surface area contributed by atoms with Crippen LogP contribution < -0.4 is 10.6 Å². The smallest absolute Gasteiger partial charge is 0.241 e. The van der Waals surface area contributed by atoms with E-state index in [9.17, 15) is 14.0 Å². The van der Waals surface area contributed by atoms with Crippen LogP contribution >= 0.6 is 0 Å². The van der Waals surface area contributed by atoms with E-state index in [2.05, 4.69) is 10.6 Å². The fourth-order valence-corrected chi connectivity index (χ4v) is 2.18. The number of carbonyl (C=O) groups excluding carboxylic acids is 2. The lowest BCUT2D eigenvalue weighted by atomic mass is 10.2. The molecule has 2 N–H and O–H groups in total. The zero-order valence-corrected chi connectivity index (χ0v) is 14.5. The van der Waals surface area contributed by atoms with Crippen molar-refractivity contribution < 1.29 is 14.0 Å². The van der Waals surface area contributed by atoms with Crippen LogP contribution in [-0.4, -0.2) is 36.3 Å². The Labute approximate surface area is 146 Å². The van der Waals surface area contributed by atoms with Crippen LogP contribution in [0.1, 0.15) is 12.5 Å². The maximum absolute atomic E-state index is 12.9. The van der Waals surface area contributed by atoms with Crippen molar-refractivity contribution in [3.8, 4) is 0 Å². The van der Waals surface area contributed by atoms with E-state index in [1.54, 1.807) is 18.9 Å². The molecule has 0 heterocycles. The number of nitrogens with zero attached hydrogens (tertiary/aromatic N) is 1. The molecule has 2 amide bonds. The summed E-state index contributed by atoms with van der Waals surface area (Å²) in [4.78, 5) is 26.0. The lowest BCUT2D eigenvalue weighted by Crippen LogP contribution is -2.43. The number of likely N-dealkylation sites (N-methyl/N-ethyl adjacent to an activating group) is 1. The van der Waals surface area contributed by atoms with Crippen molar-refractivity contribution in [3.63, 3.8) is 0 Å². The van der Waals surface area contributed by atoms with Crippen LogP contribution in [0.3, 0.4) is 0 Å². The minimum Gasteiger partial charge on any atom is -0.325 e. The quantitative estimate of drug-likeness (QED) is 0.847. The lowest BCUT2D eigenvalue weighted by Gasteiger charge is -2.23. The summed E-state index contributed by atoms with van der Waals surface area (Å²) < 4.78 is 12.9. The summed E-state index contributed by atoms with van der Waals surface area (Å²) in [5, 5.41) is 5.50. The molecule has 2 aromatic carbocycles. The summed E-state index contributed by atoms with van der Waals surface area (Å²) in [7, 11) is 1.70. The molecule has 2 aromatic rings. The number of hydrogen-bond acceptors (Lipinski definition) is 3. The van der Waals surface area contributed by atoms with Crippen molar-refractivity contribution in [3.05, 3.63) is 59.9 Å². The Kier molecular flexibility index (Phi) is 6.25. The van der Waals surface area contributed by atoms with Crippen molar-refractivity contribution in [1.29, 1.82) is 0 Å². The molecule has 0 spiro atoms. The molecule has 25 heavy (non-hydrogen) atoms. The molecule has 1 atom stereocenters. The van der Waals surface area contributed by atoms with E-state index in [-0.39, 0.29) is 24.2 Å². The Bertz CT molecular complexity index is 729. The zero-order chi connectivity index (χ0) is 18.4. The number of aryl methyl sites for hydroxylation is 1. The van der Waals surface area contributed by atoms with Crippen LogP contribution in [0.25, 0.3) is 0 Å². The van der Waals surface area contributed by atoms with Crippen molar-refractivity contribution in [1.82, 2.24) is 4.90 Å². The monoisotopic (exact) mass is 343 g/mol. The first-order valence-electron chi connectivity index (χ1n) is 7.98. The fraction of sp³-hybridized carbons (Fsp3) is 0.263. The highest BCUT2D eigenvalue weighted by molar-refractivity contribution is 5.96. The van der Waals surface area contributed by atoms with Crippen molar-refractivity contribution in [2.45, 2.75) is 19.9 Å². The molecule has 0 saturated heterocycles. The second kappa shape index (κ2) is 8.39. The summed E-state index contributed by atoms with van der Waals surface area (Å²) >= 11 is 0. The maximum atomic E-state index is 12.9. The minimum absolute atomic E-state index is 0.0753. The Morgan fingerprint density at radius 1 is 1.00 bits per heavy atom. The van der Waals surface area contributed by atoms with Crippen LogP contribution in [0.4, 0.5) is 15.8 Å². The number of anilines is 2. The topological polar surface area (TPSA) is 61.4 Å². The molecule has 0 aliphatic rings. The molecule has 0 saturated carbocycles. The predicted molar refractivity (Wildman–Crippen MR) is 96.9 cm³/mol. The summed E-state index contributed by atoms with van der Waals surface area (Å²) in [5.74, 6) is -0.832. The van der Waals surface area contributed by atoms with Gasteiger partial charge in [-0.1, -0.05) is 17.7 Å². The molecular weight excluding hydrogens is 321 g/mol. The fourth-order valence-electron chi connectivity index (χ4n) is 2.18. The van der Waals surface area contributed by atoms with Gasteiger partial charge in [0.25, 0.3) is 0 Å². The number of rotatable bonds is 6. The number of halogens is 1. The highest BCUT2D eigenvalue weighted by Gasteiger charge is 2.20. The third-order valence-electron chi connectivity index (χ3n) is 3.88. The number of nitrogens with one attached hydrogen (secondary N) is 2. The standard InChI is InChI=1S/C19H22FN3O2/c1-13-4-8-16(9-5-13)21-18(24)12-23(3)14(2)19(25)22-17-10-6-15(20)7-11-17/h4-11,14H,12H2,1-3H3,(H,21,24)(H,22,25)/t14-/m1/s1. The van der Waals surface area contributed by atoms with Gasteiger partial charge in [-0.3, -0.25) is 14.5 Å².